The van der Waals surface area contributed by atoms with Crippen LogP contribution in [0.4, 0.5) is 10.2 Å². The van der Waals surface area contributed by atoms with Gasteiger partial charge in [-0.05, 0) is 25.8 Å². The highest BCUT2D eigenvalue weighted by Crippen LogP contribution is 2.22. The molecule has 0 saturated carbocycles. The monoisotopic (exact) mass is 240 g/mol. The van der Waals surface area contributed by atoms with E-state index < -0.39 is 0 Å². The molecule has 0 aliphatic carbocycles. The molecule has 0 fully saturated rings. The minimum atomic E-state index is -0.345. The Morgan fingerprint density at radius 3 is 2.59 bits per heavy atom. The summed E-state index contributed by atoms with van der Waals surface area (Å²) < 4.78 is 13.9. The van der Waals surface area contributed by atoms with Crippen LogP contribution >= 0.6 is 0 Å². The molecule has 0 amide bonds. The van der Waals surface area contributed by atoms with Crippen molar-refractivity contribution in [3.05, 3.63) is 17.8 Å². The van der Waals surface area contributed by atoms with E-state index in [4.69, 9.17) is 5.73 Å². The third-order valence-electron chi connectivity index (χ3n) is 2.80. The largest absolute Gasteiger partial charge is 0.354 e. The van der Waals surface area contributed by atoms with Gasteiger partial charge in [0.25, 0.3) is 0 Å². The fraction of sp³-hybridized carbons (Fsp3) is 0.667. The van der Waals surface area contributed by atoms with Gasteiger partial charge in [0, 0.05) is 13.1 Å². The first-order valence-corrected chi connectivity index (χ1v) is 5.83. The number of aryl methyl sites for hydroxylation is 1. The Bertz CT molecular complexity index is 379. The van der Waals surface area contributed by atoms with E-state index in [0.29, 0.717) is 31.1 Å². The third kappa shape index (κ3) is 3.36. The fourth-order valence-corrected chi connectivity index (χ4v) is 1.58. The Morgan fingerprint density at radius 2 is 2.06 bits per heavy atom. The van der Waals surface area contributed by atoms with Crippen LogP contribution < -0.4 is 10.6 Å². The van der Waals surface area contributed by atoms with Crippen molar-refractivity contribution in [1.82, 2.24) is 9.97 Å². The molecule has 0 saturated heterocycles. The average Bonchev–Trinajstić information content (AvgIpc) is 2.30. The number of anilines is 1. The number of halogens is 1. The van der Waals surface area contributed by atoms with Gasteiger partial charge < -0.3 is 10.6 Å². The van der Waals surface area contributed by atoms with Crippen LogP contribution in [0.3, 0.4) is 0 Å². The van der Waals surface area contributed by atoms with Gasteiger partial charge in [-0.2, -0.15) is 0 Å². The normalized spacial score (nSPS) is 11.6. The van der Waals surface area contributed by atoms with Crippen LogP contribution in [0.5, 0.6) is 0 Å². The molecule has 96 valence electrons. The maximum atomic E-state index is 13.9. The lowest BCUT2D eigenvalue weighted by atomic mass is 9.93. The van der Waals surface area contributed by atoms with Crippen molar-refractivity contribution in [3.63, 3.8) is 0 Å². The van der Waals surface area contributed by atoms with Crippen LogP contribution in [0.2, 0.25) is 0 Å². The van der Waals surface area contributed by atoms with Crippen LogP contribution in [-0.4, -0.2) is 29.6 Å². The van der Waals surface area contributed by atoms with Gasteiger partial charge in [-0.1, -0.05) is 13.8 Å². The van der Waals surface area contributed by atoms with Crippen LogP contribution in [0, 0.1) is 18.2 Å². The second kappa shape index (κ2) is 5.40. The van der Waals surface area contributed by atoms with Gasteiger partial charge in [-0.25, -0.2) is 14.4 Å². The number of aromatic nitrogens is 2. The molecule has 0 atom stereocenters. The Balaban J connectivity index is 2.98. The summed E-state index contributed by atoms with van der Waals surface area (Å²) in [6, 6.07) is 0. The van der Waals surface area contributed by atoms with Crippen molar-refractivity contribution in [1.29, 1.82) is 0 Å². The van der Waals surface area contributed by atoms with E-state index in [1.54, 1.807) is 6.92 Å². The topological polar surface area (TPSA) is 55.0 Å². The highest BCUT2D eigenvalue weighted by atomic mass is 19.1. The predicted octanol–water partition coefficient (Wildman–Crippen LogP) is 1.74. The highest BCUT2D eigenvalue weighted by molar-refractivity contribution is 5.40. The zero-order chi connectivity index (χ0) is 13.1. The van der Waals surface area contributed by atoms with E-state index >= 15 is 0 Å². The molecule has 0 unspecified atom stereocenters. The van der Waals surface area contributed by atoms with Crippen molar-refractivity contribution < 1.29 is 4.39 Å². The van der Waals surface area contributed by atoms with E-state index in [0.717, 1.165) is 0 Å². The van der Waals surface area contributed by atoms with Crippen LogP contribution in [0.1, 0.15) is 26.5 Å². The van der Waals surface area contributed by atoms with Gasteiger partial charge in [0.1, 0.15) is 6.33 Å². The van der Waals surface area contributed by atoms with Gasteiger partial charge in [0.15, 0.2) is 11.6 Å². The highest BCUT2D eigenvalue weighted by Gasteiger charge is 2.22. The van der Waals surface area contributed by atoms with Crippen molar-refractivity contribution in [2.45, 2.75) is 27.7 Å². The molecule has 4 nitrogen and oxygen atoms in total. The zero-order valence-corrected chi connectivity index (χ0v) is 11.0. The Labute approximate surface area is 102 Å². The molecule has 1 aromatic heterocycles. The average molecular weight is 240 g/mol. The Kier molecular flexibility index (Phi) is 4.40. The summed E-state index contributed by atoms with van der Waals surface area (Å²) in [6.45, 7) is 9.65. The van der Waals surface area contributed by atoms with Gasteiger partial charge in [-0.3, -0.25) is 0 Å². The number of nitrogens with two attached hydrogens (primary N) is 1. The molecule has 1 heterocycles. The van der Waals surface area contributed by atoms with E-state index in [1.807, 2.05) is 11.8 Å². The number of rotatable bonds is 5. The lowest BCUT2D eigenvalue weighted by Gasteiger charge is -2.32. The quantitative estimate of drug-likeness (QED) is 0.851. The second-order valence-electron chi connectivity index (χ2n) is 4.98. The van der Waals surface area contributed by atoms with Crippen molar-refractivity contribution in [2.24, 2.45) is 11.1 Å². The molecule has 17 heavy (non-hydrogen) atoms. The SMILES string of the molecule is CCN(CC(C)(C)CN)c1ncnc(C)c1F. The third-order valence-corrected chi connectivity index (χ3v) is 2.80. The summed E-state index contributed by atoms with van der Waals surface area (Å²) in [4.78, 5) is 9.76. The van der Waals surface area contributed by atoms with Gasteiger partial charge >= 0.3 is 0 Å². The van der Waals surface area contributed by atoms with Gasteiger partial charge in [0.05, 0.1) is 5.69 Å². The smallest absolute Gasteiger partial charge is 0.186 e. The van der Waals surface area contributed by atoms with E-state index in [9.17, 15) is 4.39 Å². The minimum Gasteiger partial charge on any atom is -0.354 e. The fourth-order valence-electron chi connectivity index (χ4n) is 1.58. The van der Waals surface area contributed by atoms with Gasteiger partial charge in [-0.15, -0.1) is 0 Å². The molecule has 1 rings (SSSR count). The first kappa shape index (κ1) is 13.8. The molecule has 0 spiro atoms. The summed E-state index contributed by atoms with van der Waals surface area (Å²) in [5.74, 6) is 0.0173. The molecule has 1 aromatic rings. The molecule has 0 radical (unpaired) electrons. The number of hydrogen-bond donors (Lipinski definition) is 1. The van der Waals surface area contributed by atoms with E-state index in [-0.39, 0.29) is 11.2 Å². The maximum Gasteiger partial charge on any atom is 0.186 e. The molecule has 0 aromatic carbocycles. The van der Waals surface area contributed by atoms with Crippen molar-refractivity contribution >= 4 is 5.82 Å². The molecule has 0 aliphatic rings. The Hall–Kier alpha value is -1.23. The number of nitrogens with zero attached hydrogens (tertiary/aromatic N) is 3. The summed E-state index contributed by atoms with van der Waals surface area (Å²) in [7, 11) is 0. The number of hydrogen-bond acceptors (Lipinski definition) is 4. The lowest BCUT2D eigenvalue weighted by Crippen LogP contribution is -2.39. The molecule has 0 bridgehead atoms. The zero-order valence-electron chi connectivity index (χ0n) is 11.0. The molecular formula is C12H21FN4. The summed E-state index contributed by atoms with van der Waals surface area (Å²) >= 11 is 0. The summed E-state index contributed by atoms with van der Waals surface area (Å²) in [5, 5.41) is 0. The second-order valence-corrected chi connectivity index (χ2v) is 4.98. The standard InChI is InChI=1S/C12H21FN4/c1-5-17(7-12(3,4)6-14)11-10(13)9(2)15-8-16-11/h8H,5-7,14H2,1-4H3. The summed E-state index contributed by atoms with van der Waals surface area (Å²) in [5.41, 5.74) is 6.01. The molecule has 5 heteroatoms. The summed E-state index contributed by atoms with van der Waals surface area (Å²) in [6.07, 6.45) is 1.39. The van der Waals surface area contributed by atoms with Crippen molar-refractivity contribution in [3.8, 4) is 0 Å². The first-order valence-electron chi connectivity index (χ1n) is 5.83. The van der Waals surface area contributed by atoms with Crippen LogP contribution in [0.15, 0.2) is 6.33 Å². The van der Waals surface area contributed by atoms with Crippen molar-refractivity contribution in [2.75, 3.05) is 24.5 Å². The molecule has 2 N–H and O–H groups in total. The van der Waals surface area contributed by atoms with Crippen LogP contribution in [0.25, 0.3) is 0 Å². The van der Waals surface area contributed by atoms with Gasteiger partial charge in [0.2, 0.25) is 0 Å². The predicted molar refractivity (Wildman–Crippen MR) is 67.4 cm³/mol. The van der Waals surface area contributed by atoms with E-state index in [1.165, 1.54) is 6.33 Å². The molecular weight excluding hydrogens is 219 g/mol. The maximum absolute atomic E-state index is 13.9. The molecule has 0 aliphatic heterocycles. The first-order chi connectivity index (χ1) is 7.91. The minimum absolute atomic E-state index is 0.0682. The lowest BCUT2D eigenvalue weighted by molar-refractivity contribution is 0.376. The van der Waals surface area contributed by atoms with Crippen LogP contribution in [-0.2, 0) is 0 Å². The Morgan fingerprint density at radius 1 is 1.41 bits per heavy atom. The van der Waals surface area contributed by atoms with E-state index in [2.05, 4.69) is 23.8 Å².